The second kappa shape index (κ2) is 8.22. The Labute approximate surface area is 138 Å². The standard InChI is InChI=1S/C19H24N2O2/c1-15-9-11-18(12-10-15)23-16(2)19(22)20-13-14-21(3)17-7-5-4-6-8-17/h4-12,16H,13-14H2,1-3H3,(H,20,22)/t16-/m0/s1. The van der Waals surface area contributed by atoms with Gasteiger partial charge in [0, 0.05) is 25.8 Å². The van der Waals surface area contributed by atoms with E-state index in [4.69, 9.17) is 4.74 Å². The maximum Gasteiger partial charge on any atom is 0.260 e. The Bertz CT molecular complexity index is 611. The fourth-order valence-corrected chi connectivity index (χ4v) is 2.18. The van der Waals surface area contributed by atoms with E-state index in [0.717, 1.165) is 12.2 Å². The lowest BCUT2D eigenvalue weighted by molar-refractivity contribution is -0.127. The van der Waals surface area contributed by atoms with Gasteiger partial charge in [-0.25, -0.2) is 0 Å². The second-order valence-corrected chi connectivity index (χ2v) is 5.62. The number of aryl methyl sites for hydroxylation is 1. The molecule has 0 saturated carbocycles. The molecule has 0 saturated heterocycles. The Kier molecular flexibility index (Phi) is 6.03. The van der Waals surface area contributed by atoms with Crippen molar-refractivity contribution >= 4 is 11.6 Å². The number of ether oxygens (including phenoxy) is 1. The largest absolute Gasteiger partial charge is 0.481 e. The fourth-order valence-electron chi connectivity index (χ4n) is 2.18. The Hall–Kier alpha value is -2.49. The molecule has 0 aliphatic heterocycles. The molecule has 23 heavy (non-hydrogen) atoms. The number of nitrogens with one attached hydrogen (secondary N) is 1. The summed E-state index contributed by atoms with van der Waals surface area (Å²) in [6, 6.07) is 17.8. The zero-order valence-corrected chi connectivity index (χ0v) is 14.0. The topological polar surface area (TPSA) is 41.6 Å². The molecule has 2 aromatic rings. The van der Waals surface area contributed by atoms with Crippen LogP contribution in [-0.2, 0) is 4.79 Å². The molecular formula is C19H24N2O2. The van der Waals surface area contributed by atoms with Crippen molar-refractivity contribution in [3.8, 4) is 5.75 Å². The highest BCUT2D eigenvalue weighted by Gasteiger charge is 2.14. The first kappa shape index (κ1) is 16.9. The number of carbonyl (C=O) groups is 1. The van der Waals surface area contributed by atoms with Gasteiger partial charge in [-0.2, -0.15) is 0 Å². The lowest BCUT2D eigenvalue weighted by Crippen LogP contribution is -2.40. The molecule has 0 bridgehead atoms. The van der Waals surface area contributed by atoms with Gasteiger partial charge >= 0.3 is 0 Å². The number of likely N-dealkylation sites (N-methyl/N-ethyl adjacent to an activating group) is 1. The monoisotopic (exact) mass is 312 g/mol. The average molecular weight is 312 g/mol. The Morgan fingerprint density at radius 2 is 1.78 bits per heavy atom. The first-order valence-corrected chi connectivity index (χ1v) is 7.83. The van der Waals surface area contributed by atoms with Gasteiger partial charge < -0.3 is 15.0 Å². The molecule has 2 aromatic carbocycles. The van der Waals surface area contributed by atoms with Gasteiger partial charge in [0.05, 0.1) is 0 Å². The smallest absolute Gasteiger partial charge is 0.260 e. The summed E-state index contributed by atoms with van der Waals surface area (Å²) in [5.74, 6) is 0.603. The number of carbonyl (C=O) groups excluding carboxylic acids is 1. The van der Waals surface area contributed by atoms with Crippen LogP contribution in [-0.4, -0.2) is 32.1 Å². The zero-order valence-electron chi connectivity index (χ0n) is 14.0. The average Bonchev–Trinajstić information content (AvgIpc) is 2.57. The molecule has 0 unspecified atom stereocenters. The predicted octanol–water partition coefficient (Wildman–Crippen LogP) is 3.01. The maximum absolute atomic E-state index is 12.1. The molecular weight excluding hydrogens is 288 g/mol. The molecule has 0 aliphatic carbocycles. The van der Waals surface area contributed by atoms with Crippen molar-refractivity contribution in [2.75, 3.05) is 25.0 Å². The summed E-state index contributed by atoms with van der Waals surface area (Å²) in [6.07, 6.45) is -0.514. The lowest BCUT2D eigenvalue weighted by atomic mass is 10.2. The van der Waals surface area contributed by atoms with Crippen molar-refractivity contribution in [3.05, 3.63) is 60.2 Å². The van der Waals surface area contributed by atoms with Crippen LogP contribution in [0.1, 0.15) is 12.5 Å². The van der Waals surface area contributed by atoms with Crippen LogP contribution in [0.2, 0.25) is 0 Å². The van der Waals surface area contributed by atoms with Crippen molar-refractivity contribution < 1.29 is 9.53 Å². The number of amides is 1. The van der Waals surface area contributed by atoms with Gasteiger partial charge in [0.1, 0.15) is 5.75 Å². The van der Waals surface area contributed by atoms with Crippen LogP contribution >= 0.6 is 0 Å². The van der Waals surface area contributed by atoms with Gasteiger partial charge in [0.25, 0.3) is 5.91 Å². The molecule has 0 aliphatic rings. The van der Waals surface area contributed by atoms with Gasteiger partial charge in [0.2, 0.25) is 0 Å². The maximum atomic E-state index is 12.1. The van der Waals surface area contributed by atoms with Crippen LogP contribution in [0.4, 0.5) is 5.69 Å². The minimum Gasteiger partial charge on any atom is -0.481 e. The van der Waals surface area contributed by atoms with Gasteiger partial charge in [-0.05, 0) is 38.1 Å². The van der Waals surface area contributed by atoms with Crippen molar-refractivity contribution in [2.24, 2.45) is 0 Å². The van der Waals surface area contributed by atoms with Crippen LogP contribution in [0.3, 0.4) is 0 Å². The summed E-state index contributed by atoms with van der Waals surface area (Å²) in [6.45, 7) is 5.10. The molecule has 0 heterocycles. The number of rotatable bonds is 7. The van der Waals surface area contributed by atoms with Crippen LogP contribution in [0.15, 0.2) is 54.6 Å². The van der Waals surface area contributed by atoms with Crippen molar-refractivity contribution in [2.45, 2.75) is 20.0 Å². The highest BCUT2D eigenvalue weighted by molar-refractivity contribution is 5.80. The Balaban J connectivity index is 1.74. The summed E-state index contributed by atoms with van der Waals surface area (Å²) in [5, 5.41) is 2.91. The summed E-state index contributed by atoms with van der Waals surface area (Å²) >= 11 is 0. The third-order valence-corrected chi connectivity index (χ3v) is 3.65. The molecule has 1 atom stereocenters. The fraction of sp³-hybridized carbons (Fsp3) is 0.316. The number of anilines is 1. The van der Waals surface area contributed by atoms with Crippen LogP contribution in [0.25, 0.3) is 0 Å². The van der Waals surface area contributed by atoms with E-state index < -0.39 is 6.10 Å². The SMILES string of the molecule is Cc1ccc(O[C@@H](C)C(=O)NCCN(C)c2ccccc2)cc1. The minimum absolute atomic E-state index is 0.105. The Morgan fingerprint density at radius 3 is 2.43 bits per heavy atom. The first-order chi connectivity index (χ1) is 11.1. The van der Waals surface area contributed by atoms with E-state index in [-0.39, 0.29) is 5.91 Å². The zero-order chi connectivity index (χ0) is 16.7. The van der Waals surface area contributed by atoms with E-state index in [1.807, 2.05) is 68.6 Å². The van der Waals surface area contributed by atoms with Crippen molar-refractivity contribution in [1.29, 1.82) is 0 Å². The van der Waals surface area contributed by atoms with E-state index >= 15 is 0 Å². The second-order valence-electron chi connectivity index (χ2n) is 5.62. The van der Waals surface area contributed by atoms with Crippen LogP contribution < -0.4 is 15.0 Å². The number of nitrogens with zero attached hydrogens (tertiary/aromatic N) is 1. The van der Waals surface area contributed by atoms with Gasteiger partial charge in [-0.3, -0.25) is 4.79 Å². The molecule has 1 amide bonds. The predicted molar refractivity (Wildman–Crippen MR) is 94.0 cm³/mol. The number of hydrogen-bond donors (Lipinski definition) is 1. The minimum atomic E-state index is -0.514. The molecule has 0 spiro atoms. The number of benzene rings is 2. The molecule has 0 aromatic heterocycles. The van der Waals surface area contributed by atoms with E-state index in [1.54, 1.807) is 6.92 Å². The third-order valence-electron chi connectivity index (χ3n) is 3.65. The van der Waals surface area contributed by atoms with E-state index in [1.165, 1.54) is 5.56 Å². The normalized spacial score (nSPS) is 11.6. The van der Waals surface area contributed by atoms with Crippen molar-refractivity contribution in [1.82, 2.24) is 5.32 Å². The molecule has 122 valence electrons. The summed E-state index contributed by atoms with van der Waals surface area (Å²) < 4.78 is 5.65. The highest BCUT2D eigenvalue weighted by Crippen LogP contribution is 2.13. The Morgan fingerprint density at radius 1 is 1.13 bits per heavy atom. The van der Waals surface area contributed by atoms with Crippen LogP contribution in [0, 0.1) is 6.92 Å². The van der Waals surface area contributed by atoms with Gasteiger partial charge in [-0.1, -0.05) is 35.9 Å². The molecule has 0 radical (unpaired) electrons. The lowest BCUT2D eigenvalue weighted by Gasteiger charge is -2.20. The van der Waals surface area contributed by atoms with E-state index in [9.17, 15) is 4.79 Å². The summed E-state index contributed by atoms with van der Waals surface area (Å²) in [7, 11) is 2.01. The molecule has 1 N–H and O–H groups in total. The van der Waals surface area contributed by atoms with Gasteiger partial charge in [0.15, 0.2) is 6.10 Å². The molecule has 4 nitrogen and oxygen atoms in total. The van der Waals surface area contributed by atoms with Crippen LogP contribution in [0.5, 0.6) is 5.75 Å². The number of hydrogen-bond acceptors (Lipinski definition) is 3. The number of para-hydroxylation sites is 1. The molecule has 4 heteroatoms. The highest BCUT2D eigenvalue weighted by atomic mass is 16.5. The van der Waals surface area contributed by atoms with Crippen molar-refractivity contribution in [3.63, 3.8) is 0 Å². The van der Waals surface area contributed by atoms with Gasteiger partial charge in [-0.15, -0.1) is 0 Å². The quantitative estimate of drug-likeness (QED) is 0.854. The molecule has 2 rings (SSSR count). The molecule has 0 fully saturated rings. The summed E-state index contributed by atoms with van der Waals surface area (Å²) in [4.78, 5) is 14.2. The van der Waals surface area contributed by atoms with E-state index in [0.29, 0.717) is 12.3 Å². The third kappa shape index (κ3) is 5.33. The summed E-state index contributed by atoms with van der Waals surface area (Å²) in [5.41, 5.74) is 2.30. The van der Waals surface area contributed by atoms with E-state index in [2.05, 4.69) is 10.2 Å². The first-order valence-electron chi connectivity index (χ1n) is 7.83.